The average Bonchev–Trinajstić information content (AvgIpc) is 3.33. The molecule has 3 heterocycles. The van der Waals surface area contributed by atoms with Gasteiger partial charge in [-0.1, -0.05) is 24.3 Å². The summed E-state index contributed by atoms with van der Waals surface area (Å²) in [5, 5.41) is 20.4. The quantitative estimate of drug-likeness (QED) is 0.566. The number of pyridine rings is 1. The van der Waals surface area contributed by atoms with E-state index >= 15 is 0 Å². The molecule has 1 aliphatic rings. The van der Waals surface area contributed by atoms with Crippen LogP contribution in [0.25, 0.3) is 11.3 Å². The van der Waals surface area contributed by atoms with Gasteiger partial charge in [-0.15, -0.1) is 11.3 Å². The zero-order valence-electron chi connectivity index (χ0n) is 17.7. The van der Waals surface area contributed by atoms with Crippen molar-refractivity contribution in [3.8, 4) is 17.3 Å². The molecule has 1 fully saturated rings. The predicted molar refractivity (Wildman–Crippen MR) is 124 cm³/mol. The van der Waals surface area contributed by atoms with Crippen molar-refractivity contribution in [1.82, 2.24) is 14.9 Å². The van der Waals surface area contributed by atoms with Crippen molar-refractivity contribution in [3.63, 3.8) is 0 Å². The minimum Gasteiger partial charge on any atom is -0.465 e. The van der Waals surface area contributed by atoms with Gasteiger partial charge in [0.1, 0.15) is 5.82 Å². The molecule has 1 saturated heterocycles. The fourth-order valence-electron chi connectivity index (χ4n) is 4.07. The summed E-state index contributed by atoms with van der Waals surface area (Å²) in [5.41, 5.74) is 5.42. The maximum absolute atomic E-state index is 11.7. The summed E-state index contributed by atoms with van der Waals surface area (Å²) in [4.78, 5) is 24.5. The highest BCUT2D eigenvalue weighted by Gasteiger charge is 2.24. The Morgan fingerprint density at radius 1 is 1.25 bits per heavy atom. The Hall–Kier alpha value is -3.44. The first-order valence-corrected chi connectivity index (χ1v) is 11.6. The molecule has 7 nitrogen and oxygen atoms in total. The number of carboxylic acid groups (broad SMARTS) is 1. The topological polar surface area (TPSA) is 93.4 Å². The molecule has 3 aromatic rings. The Kier molecular flexibility index (Phi) is 6.97. The summed E-state index contributed by atoms with van der Waals surface area (Å²) in [5.74, 6) is 1.26. The molecule has 1 aliphatic heterocycles. The molecule has 0 aliphatic carbocycles. The van der Waals surface area contributed by atoms with E-state index < -0.39 is 6.09 Å². The number of anilines is 1. The number of hydrogen-bond donors (Lipinski definition) is 1. The lowest BCUT2D eigenvalue weighted by Gasteiger charge is -2.34. The van der Waals surface area contributed by atoms with Crippen LogP contribution >= 0.6 is 11.3 Å². The molecule has 8 heteroatoms. The van der Waals surface area contributed by atoms with Crippen LogP contribution in [-0.2, 0) is 13.0 Å². The van der Waals surface area contributed by atoms with Crippen molar-refractivity contribution in [3.05, 3.63) is 64.6 Å². The Balaban J connectivity index is 1.38. The number of amides is 1. The SMILES string of the molecule is N#CCc1cccc(-c2cccc(N3CCC(CN(Cc4cscn4)C(=O)O)CC3)n2)c1. The van der Waals surface area contributed by atoms with E-state index in [1.807, 2.05) is 47.8 Å². The zero-order chi connectivity index (χ0) is 22.3. The van der Waals surface area contributed by atoms with Gasteiger partial charge in [0.15, 0.2) is 0 Å². The summed E-state index contributed by atoms with van der Waals surface area (Å²) in [7, 11) is 0. The number of aromatic nitrogens is 2. The Bertz CT molecular complexity index is 1090. The molecule has 1 amide bonds. The molecule has 2 aromatic heterocycles. The van der Waals surface area contributed by atoms with Crippen molar-refractivity contribution in [2.24, 2.45) is 5.92 Å². The molecule has 32 heavy (non-hydrogen) atoms. The maximum atomic E-state index is 11.7. The molecule has 0 bridgehead atoms. The summed E-state index contributed by atoms with van der Waals surface area (Å²) in [6.07, 6.45) is 1.33. The van der Waals surface area contributed by atoms with Crippen LogP contribution in [0, 0.1) is 17.2 Å². The lowest BCUT2D eigenvalue weighted by molar-refractivity contribution is 0.129. The lowest BCUT2D eigenvalue weighted by atomic mass is 9.96. The molecule has 1 N–H and O–H groups in total. The van der Waals surface area contributed by atoms with Gasteiger partial charge in [-0.05, 0) is 42.5 Å². The molecule has 164 valence electrons. The number of rotatable bonds is 7. The first kappa shape index (κ1) is 21.8. The van der Waals surface area contributed by atoms with Gasteiger partial charge in [0.25, 0.3) is 0 Å². The Morgan fingerprint density at radius 2 is 2.06 bits per heavy atom. The fraction of sp³-hybridized carbons (Fsp3) is 0.333. The van der Waals surface area contributed by atoms with Crippen LogP contribution in [0.2, 0.25) is 0 Å². The number of piperidine rings is 1. The van der Waals surface area contributed by atoms with Crippen molar-refractivity contribution in [2.45, 2.75) is 25.8 Å². The minimum atomic E-state index is -0.895. The Morgan fingerprint density at radius 3 is 2.78 bits per heavy atom. The molecule has 0 saturated carbocycles. The van der Waals surface area contributed by atoms with E-state index in [1.54, 1.807) is 5.51 Å². The third kappa shape index (κ3) is 5.42. The van der Waals surface area contributed by atoms with Gasteiger partial charge in [-0.3, -0.25) is 0 Å². The lowest BCUT2D eigenvalue weighted by Crippen LogP contribution is -2.40. The third-order valence-corrected chi connectivity index (χ3v) is 6.40. The van der Waals surface area contributed by atoms with Crippen molar-refractivity contribution < 1.29 is 9.90 Å². The highest BCUT2D eigenvalue weighted by molar-refractivity contribution is 7.07. The molecule has 0 atom stereocenters. The van der Waals surface area contributed by atoms with E-state index in [0.29, 0.717) is 25.4 Å². The van der Waals surface area contributed by atoms with Crippen LogP contribution in [0.1, 0.15) is 24.1 Å². The van der Waals surface area contributed by atoms with Crippen molar-refractivity contribution >= 4 is 23.2 Å². The van der Waals surface area contributed by atoms with Crippen molar-refractivity contribution in [1.29, 1.82) is 5.26 Å². The van der Waals surface area contributed by atoms with E-state index in [-0.39, 0.29) is 0 Å². The second kappa shape index (κ2) is 10.2. The molecule has 4 rings (SSSR count). The maximum Gasteiger partial charge on any atom is 0.407 e. The van der Waals surface area contributed by atoms with Gasteiger partial charge < -0.3 is 14.9 Å². The van der Waals surface area contributed by atoms with Gasteiger partial charge in [0.05, 0.1) is 35.9 Å². The number of nitriles is 1. The highest BCUT2D eigenvalue weighted by Crippen LogP contribution is 2.26. The summed E-state index contributed by atoms with van der Waals surface area (Å²) in [6, 6.07) is 16.2. The normalized spacial score (nSPS) is 14.2. The fourth-order valence-corrected chi connectivity index (χ4v) is 4.62. The van der Waals surface area contributed by atoms with Crippen molar-refractivity contribution in [2.75, 3.05) is 24.5 Å². The standard InChI is InChI=1S/C24H25N5O2S/c25-10-7-18-3-1-4-20(13-18)22-5-2-6-23(27-22)28-11-8-19(9-12-28)14-29(24(30)31)15-21-16-32-17-26-21/h1-6,13,16-17,19H,7-9,11-12,14-15H2,(H,30,31). The summed E-state index contributed by atoms with van der Waals surface area (Å²) >= 11 is 1.48. The van der Waals surface area contributed by atoms with Gasteiger partial charge in [-0.2, -0.15) is 5.26 Å². The van der Waals surface area contributed by atoms with Crippen LogP contribution in [0.4, 0.5) is 10.6 Å². The largest absolute Gasteiger partial charge is 0.465 e. The van der Waals surface area contributed by atoms with E-state index in [9.17, 15) is 9.90 Å². The third-order valence-electron chi connectivity index (χ3n) is 5.76. The van der Waals surface area contributed by atoms with Crippen LogP contribution in [0.15, 0.2) is 53.4 Å². The second-order valence-corrected chi connectivity index (χ2v) is 8.71. The molecule has 0 spiro atoms. The second-order valence-electron chi connectivity index (χ2n) is 7.99. The monoisotopic (exact) mass is 447 g/mol. The number of nitrogens with zero attached hydrogens (tertiary/aromatic N) is 5. The summed E-state index contributed by atoms with van der Waals surface area (Å²) in [6.45, 7) is 2.56. The van der Waals surface area contributed by atoms with E-state index in [4.69, 9.17) is 10.2 Å². The van der Waals surface area contributed by atoms with Crippen LogP contribution in [0.3, 0.4) is 0 Å². The average molecular weight is 448 g/mol. The van der Waals surface area contributed by atoms with E-state index in [2.05, 4.69) is 16.0 Å². The molecule has 0 unspecified atom stereocenters. The summed E-state index contributed by atoms with van der Waals surface area (Å²) < 4.78 is 0. The molecular weight excluding hydrogens is 422 g/mol. The first-order valence-electron chi connectivity index (χ1n) is 10.7. The van der Waals surface area contributed by atoms with Gasteiger partial charge >= 0.3 is 6.09 Å². The number of thiazole rings is 1. The first-order chi connectivity index (χ1) is 15.6. The van der Waals surface area contributed by atoms with E-state index in [1.165, 1.54) is 16.2 Å². The smallest absolute Gasteiger partial charge is 0.407 e. The molecule has 0 radical (unpaired) electrons. The molecular formula is C24H25N5O2S. The predicted octanol–water partition coefficient (Wildman–Crippen LogP) is 4.67. The van der Waals surface area contributed by atoms with Crippen LogP contribution < -0.4 is 4.90 Å². The Labute approximate surface area is 191 Å². The van der Waals surface area contributed by atoms with Gasteiger partial charge in [0.2, 0.25) is 0 Å². The van der Waals surface area contributed by atoms with Gasteiger partial charge in [-0.25, -0.2) is 14.8 Å². The van der Waals surface area contributed by atoms with Crippen LogP contribution in [-0.4, -0.2) is 45.7 Å². The highest BCUT2D eigenvalue weighted by atomic mass is 32.1. The number of benzene rings is 1. The van der Waals surface area contributed by atoms with Gasteiger partial charge in [0, 0.05) is 30.6 Å². The zero-order valence-corrected chi connectivity index (χ0v) is 18.5. The van der Waals surface area contributed by atoms with E-state index in [0.717, 1.165) is 54.3 Å². The number of hydrogen-bond acceptors (Lipinski definition) is 6. The molecule has 1 aromatic carbocycles. The minimum absolute atomic E-state index is 0.326. The van der Waals surface area contributed by atoms with Crippen LogP contribution in [0.5, 0.6) is 0 Å². The number of carbonyl (C=O) groups is 1.